The van der Waals surface area contributed by atoms with Crippen LogP contribution in [0.25, 0.3) is 16.9 Å². The summed E-state index contributed by atoms with van der Waals surface area (Å²) in [5.41, 5.74) is 5.37. The average Bonchev–Trinajstić information content (AvgIpc) is 3.28. The van der Waals surface area contributed by atoms with E-state index in [0.29, 0.717) is 10.8 Å². The van der Waals surface area contributed by atoms with Gasteiger partial charge in [0, 0.05) is 47.4 Å². The number of anilines is 2. The van der Waals surface area contributed by atoms with Crippen molar-refractivity contribution in [1.82, 2.24) is 14.6 Å². The lowest BCUT2D eigenvalue weighted by atomic mass is 9.95. The van der Waals surface area contributed by atoms with E-state index in [4.69, 9.17) is 21.4 Å². The first-order valence-electron chi connectivity index (χ1n) is 11.7. The third-order valence-corrected chi connectivity index (χ3v) is 6.73. The predicted molar refractivity (Wildman–Crippen MR) is 139 cm³/mol. The zero-order valence-corrected chi connectivity index (χ0v) is 20.8. The molecule has 1 saturated heterocycles. The predicted octanol–water partition coefficient (Wildman–Crippen LogP) is 5.53. The number of aryl methyl sites for hydroxylation is 2. The lowest BCUT2D eigenvalue weighted by Gasteiger charge is -2.33. The Kier molecular flexibility index (Phi) is 6.34. The van der Waals surface area contributed by atoms with Crippen LogP contribution in [0.4, 0.5) is 11.5 Å². The smallest absolute Gasteiger partial charge is 0.227 e. The van der Waals surface area contributed by atoms with Crippen LogP contribution in [0.3, 0.4) is 0 Å². The molecular weight excluding hydrogens is 462 g/mol. The highest BCUT2D eigenvalue weighted by Gasteiger charge is 2.27. The van der Waals surface area contributed by atoms with Crippen LogP contribution in [-0.4, -0.2) is 40.7 Å². The van der Waals surface area contributed by atoms with Crippen LogP contribution >= 0.6 is 11.6 Å². The SMILES string of the molecule is COc1ccc(C)cc1NC(=O)C1CCN(c2cc(C)nc3cc(-c4ccc(Cl)cc4)nn23)CC1. The Balaban J connectivity index is 1.33. The summed E-state index contributed by atoms with van der Waals surface area (Å²) in [4.78, 5) is 20.0. The van der Waals surface area contributed by atoms with Gasteiger partial charge in [-0.2, -0.15) is 9.61 Å². The number of fused-ring (bicyclic) bond motifs is 1. The fraction of sp³-hybridized carbons (Fsp3) is 0.296. The standard InChI is InChI=1S/C27H28ClN5O2/c1-17-4-9-24(35-3)23(14-17)30-27(34)20-10-12-32(13-11-20)26-15-18(2)29-25-16-22(31-33(25)26)19-5-7-21(28)8-6-19/h4-9,14-16,20H,10-13H2,1-3H3,(H,30,34). The molecule has 0 bridgehead atoms. The average molecular weight is 490 g/mol. The van der Waals surface area contributed by atoms with E-state index >= 15 is 0 Å². The van der Waals surface area contributed by atoms with Gasteiger partial charge < -0.3 is 15.0 Å². The number of amides is 1. The van der Waals surface area contributed by atoms with Crippen molar-refractivity contribution in [3.05, 3.63) is 70.9 Å². The van der Waals surface area contributed by atoms with Gasteiger partial charge in [0.05, 0.1) is 18.5 Å². The monoisotopic (exact) mass is 489 g/mol. The maximum absolute atomic E-state index is 13.0. The molecule has 0 unspecified atom stereocenters. The number of ether oxygens (including phenoxy) is 1. The topological polar surface area (TPSA) is 71.8 Å². The van der Waals surface area contributed by atoms with E-state index in [1.54, 1.807) is 7.11 Å². The van der Waals surface area contributed by atoms with Gasteiger partial charge in [0.2, 0.25) is 5.91 Å². The van der Waals surface area contributed by atoms with Crippen molar-refractivity contribution in [2.24, 2.45) is 5.92 Å². The van der Waals surface area contributed by atoms with Crippen LogP contribution < -0.4 is 15.0 Å². The molecule has 0 atom stereocenters. The molecule has 35 heavy (non-hydrogen) atoms. The zero-order valence-electron chi connectivity index (χ0n) is 20.1. The second-order valence-corrected chi connectivity index (χ2v) is 9.45. The van der Waals surface area contributed by atoms with Gasteiger partial charge in [-0.05, 0) is 56.5 Å². The minimum absolute atomic E-state index is 0.0359. The van der Waals surface area contributed by atoms with Crippen molar-refractivity contribution < 1.29 is 9.53 Å². The van der Waals surface area contributed by atoms with Crippen molar-refractivity contribution in [3.63, 3.8) is 0 Å². The van der Waals surface area contributed by atoms with Crippen molar-refractivity contribution in [2.45, 2.75) is 26.7 Å². The fourth-order valence-corrected chi connectivity index (χ4v) is 4.72. The molecule has 7 nitrogen and oxygen atoms in total. The molecule has 8 heteroatoms. The van der Waals surface area contributed by atoms with Gasteiger partial charge in [-0.3, -0.25) is 4.79 Å². The number of benzene rings is 2. The second kappa shape index (κ2) is 9.58. The molecule has 1 N–H and O–H groups in total. The molecule has 1 fully saturated rings. The van der Waals surface area contributed by atoms with Crippen LogP contribution in [-0.2, 0) is 4.79 Å². The van der Waals surface area contributed by atoms with E-state index in [1.165, 1.54) is 0 Å². The van der Waals surface area contributed by atoms with Gasteiger partial charge in [0.25, 0.3) is 0 Å². The maximum Gasteiger partial charge on any atom is 0.227 e. The molecule has 5 rings (SSSR count). The molecule has 1 aliphatic rings. The van der Waals surface area contributed by atoms with Crippen LogP contribution in [0.1, 0.15) is 24.1 Å². The van der Waals surface area contributed by atoms with Crippen LogP contribution in [0.15, 0.2) is 54.6 Å². The van der Waals surface area contributed by atoms with E-state index in [1.807, 2.05) is 66.9 Å². The minimum Gasteiger partial charge on any atom is -0.495 e. The molecule has 180 valence electrons. The number of rotatable bonds is 5. The van der Waals surface area contributed by atoms with E-state index in [9.17, 15) is 4.79 Å². The molecule has 3 heterocycles. The first-order chi connectivity index (χ1) is 16.9. The Labute approximate surface area is 209 Å². The zero-order chi connectivity index (χ0) is 24.5. The number of nitrogens with one attached hydrogen (secondary N) is 1. The van der Waals surface area contributed by atoms with E-state index in [2.05, 4.69) is 21.3 Å². The Morgan fingerprint density at radius 3 is 2.51 bits per heavy atom. The summed E-state index contributed by atoms with van der Waals surface area (Å²) in [6.07, 6.45) is 1.52. The third kappa shape index (κ3) is 4.82. The molecule has 2 aromatic heterocycles. The van der Waals surface area contributed by atoms with Gasteiger partial charge in [-0.1, -0.05) is 29.8 Å². The van der Waals surface area contributed by atoms with Crippen LogP contribution in [0.2, 0.25) is 5.02 Å². The number of halogens is 1. The molecule has 2 aromatic carbocycles. The number of hydrogen-bond donors (Lipinski definition) is 1. The van der Waals surface area contributed by atoms with Crippen molar-refractivity contribution in [1.29, 1.82) is 0 Å². The summed E-state index contributed by atoms with van der Waals surface area (Å²) in [7, 11) is 1.61. The number of hydrogen-bond acceptors (Lipinski definition) is 5. The van der Waals surface area contributed by atoms with E-state index in [0.717, 1.165) is 65.6 Å². The normalized spacial score (nSPS) is 14.3. The number of piperidine rings is 1. The summed E-state index contributed by atoms with van der Waals surface area (Å²) < 4.78 is 7.31. The molecule has 0 aliphatic carbocycles. The molecule has 4 aromatic rings. The highest BCUT2D eigenvalue weighted by atomic mass is 35.5. The van der Waals surface area contributed by atoms with E-state index in [-0.39, 0.29) is 11.8 Å². The molecule has 0 spiro atoms. The summed E-state index contributed by atoms with van der Waals surface area (Å²) in [6.45, 7) is 5.52. The van der Waals surface area contributed by atoms with Gasteiger partial charge in [0.15, 0.2) is 5.65 Å². The Hall–Kier alpha value is -3.58. The summed E-state index contributed by atoms with van der Waals surface area (Å²) in [5, 5.41) is 8.61. The van der Waals surface area contributed by atoms with Crippen LogP contribution in [0, 0.1) is 19.8 Å². The first-order valence-corrected chi connectivity index (χ1v) is 12.1. The highest BCUT2D eigenvalue weighted by Crippen LogP contribution is 2.30. The number of nitrogens with zero attached hydrogens (tertiary/aromatic N) is 4. The van der Waals surface area contributed by atoms with Crippen LogP contribution in [0.5, 0.6) is 5.75 Å². The summed E-state index contributed by atoms with van der Waals surface area (Å²) in [6, 6.07) is 17.5. The Bertz CT molecular complexity index is 1370. The van der Waals surface area contributed by atoms with E-state index < -0.39 is 0 Å². The lowest BCUT2D eigenvalue weighted by Crippen LogP contribution is -2.39. The quantitative estimate of drug-likeness (QED) is 0.399. The summed E-state index contributed by atoms with van der Waals surface area (Å²) >= 11 is 6.05. The Morgan fingerprint density at radius 2 is 1.80 bits per heavy atom. The minimum atomic E-state index is -0.0582. The van der Waals surface area contributed by atoms with Gasteiger partial charge in [-0.25, -0.2) is 4.98 Å². The lowest BCUT2D eigenvalue weighted by molar-refractivity contribution is -0.120. The largest absolute Gasteiger partial charge is 0.495 e. The molecule has 1 amide bonds. The number of carbonyl (C=O) groups excluding carboxylic acids is 1. The first kappa shape index (κ1) is 23.2. The number of methoxy groups -OCH3 is 1. The summed E-state index contributed by atoms with van der Waals surface area (Å²) in [5.74, 6) is 1.64. The fourth-order valence-electron chi connectivity index (χ4n) is 4.59. The third-order valence-electron chi connectivity index (χ3n) is 6.48. The molecule has 0 saturated carbocycles. The van der Waals surface area contributed by atoms with Crippen molar-refractivity contribution in [2.75, 3.05) is 30.4 Å². The maximum atomic E-state index is 13.0. The van der Waals surface area contributed by atoms with Gasteiger partial charge in [0.1, 0.15) is 11.6 Å². The second-order valence-electron chi connectivity index (χ2n) is 9.02. The highest BCUT2D eigenvalue weighted by molar-refractivity contribution is 6.30. The number of aromatic nitrogens is 3. The molecule has 0 radical (unpaired) electrons. The van der Waals surface area contributed by atoms with Crippen molar-refractivity contribution in [3.8, 4) is 17.0 Å². The Morgan fingerprint density at radius 1 is 1.06 bits per heavy atom. The van der Waals surface area contributed by atoms with Gasteiger partial charge in [-0.15, -0.1) is 0 Å². The number of carbonyl (C=O) groups is 1. The molecular formula is C27H28ClN5O2. The van der Waals surface area contributed by atoms with Crippen molar-refractivity contribution >= 4 is 34.7 Å². The molecule has 1 aliphatic heterocycles. The van der Waals surface area contributed by atoms with Gasteiger partial charge >= 0.3 is 0 Å².